The number of hydrogen-bond donors (Lipinski definition) is 0. The topological polar surface area (TPSA) is 26.5 Å². The summed E-state index contributed by atoms with van der Waals surface area (Å²) in [5.74, 6) is 2.17. The highest BCUT2D eigenvalue weighted by Crippen LogP contribution is 2.28. The van der Waals surface area contributed by atoms with E-state index < -0.39 is 0 Å². The number of halogens is 1. The van der Waals surface area contributed by atoms with Gasteiger partial charge in [0.15, 0.2) is 0 Å². The number of ether oxygens (including phenoxy) is 1. The Labute approximate surface area is 129 Å². The molecule has 3 nitrogen and oxygen atoms in total. The zero-order valence-electron chi connectivity index (χ0n) is 12.1. The quantitative estimate of drug-likeness (QED) is 0.635. The van der Waals surface area contributed by atoms with Crippen molar-refractivity contribution >= 4 is 17.2 Å². The lowest BCUT2D eigenvalue weighted by molar-refractivity contribution is 0.460. The number of rotatable bonds is 4. The Kier molecular flexibility index (Phi) is 3.84. The molecule has 0 amide bonds. The van der Waals surface area contributed by atoms with Crippen molar-refractivity contribution in [2.45, 2.75) is 25.6 Å². The lowest BCUT2D eigenvalue weighted by Gasteiger charge is -2.09. The Bertz CT molecular complexity index is 764. The Morgan fingerprint density at radius 2 is 2.05 bits per heavy atom. The molecule has 0 aliphatic carbocycles. The zero-order valence-corrected chi connectivity index (χ0v) is 12.8. The van der Waals surface area contributed by atoms with E-state index in [0.717, 1.165) is 17.1 Å². The molecule has 0 spiro atoms. The van der Waals surface area contributed by atoms with Gasteiger partial charge >= 0.3 is 0 Å². The second-order valence-electron chi connectivity index (χ2n) is 5.26. The third-order valence-electron chi connectivity index (χ3n) is 3.46. The lowest BCUT2D eigenvalue weighted by Crippen LogP contribution is -1.93. The molecule has 2 heterocycles. The average molecular weight is 301 g/mol. The van der Waals surface area contributed by atoms with Crippen LogP contribution in [-0.4, -0.2) is 9.38 Å². The number of hydrogen-bond acceptors (Lipinski definition) is 2. The van der Waals surface area contributed by atoms with Gasteiger partial charge in [0.1, 0.15) is 17.1 Å². The smallest absolute Gasteiger partial charge is 0.242 e. The molecule has 0 aliphatic rings. The van der Waals surface area contributed by atoms with Crippen LogP contribution in [0.5, 0.6) is 11.6 Å². The largest absolute Gasteiger partial charge is 0.437 e. The molecule has 2 aromatic heterocycles. The van der Waals surface area contributed by atoms with Crippen molar-refractivity contribution in [3.63, 3.8) is 0 Å². The van der Waals surface area contributed by atoms with Crippen molar-refractivity contribution < 1.29 is 4.74 Å². The summed E-state index contributed by atoms with van der Waals surface area (Å²) in [4.78, 5) is 4.51. The van der Waals surface area contributed by atoms with E-state index in [9.17, 15) is 0 Å². The normalized spacial score (nSPS) is 11.2. The second kappa shape index (κ2) is 5.78. The van der Waals surface area contributed by atoms with Gasteiger partial charge in [-0.3, -0.25) is 4.40 Å². The van der Waals surface area contributed by atoms with Crippen molar-refractivity contribution in [2.24, 2.45) is 0 Å². The fourth-order valence-corrected chi connectivity index (χ4v) is 2.52. The third kappa shape index (κ3) is 2.74. The van der Waals surface area contributed by atoms with Gasteiger partial charge in [-0.25, -0.2) is 0 Å². The molecular formula is C17H17ClN2O. The first-order valence-corrected chi connectivity index (χ1v) is 7.52. The molecule has 0 fully saturated rings. The minimum Gasteiger partial charge on any atom is -0.437 e. The Morgan fingerprint density at radius 1 is 1.19 bits per heavy atom. The number of pyridine rings is 1. The summed E-state index contributed by atoms with van der Waals surface area (Å²) < 4.78 is 7.91. The Balaban J connectivity index is 2.00. The molecule has 3 aromatic rings. The summed E-state index contributed by atoms with van der Waals surface area (Å²) in [6.07, 6.45) is 1.94. The predicted octanol–water partition coefficient (Wildman–Crippen LogP) is 4.99. The fourth-order valence-electron chi connectivity index (χ4n) is 2.28. The average Bonchev–Trinajstić information content (AvgIpc) is 2.84. The maximum atomic E-state index is 6.06. The van der Waals surface area contributed by atoms with Gasteiger partial charge in [-0.2, -0.15) is 4.98 Å². The summed E-state index contributed by atoms with van der Waals surface area (Å²) in [6, 6.07) is 13.9. The first-order chi connectivity index (χ1) is 10.2. The van der Waals surface area contributed by atoms with Gasteiger partial charge in [-0.15, -0.1) is 11.6 Å². The van der Waals surface area contributed by atoms with Gasteiger partial charge < -0.3 is 4.74 Å². The molecule has 0 atom stereocenters. The van der Waals surface area contributed by atoms with E-state index in [-0.39, 0.29) is 0 Å². The van der Waals surface area contributed by atoms with Gasteiger partial charge in [0.25, 0.3) is 0 Å². The van der Waals surface area contributed by atoms with Crippen LogP contribution in [0, 0.1) is 0 Å². The van der Waals surface area contributed by atoms with E-state index in [1.54, 1.807) is 0 Å². The molecule has 0 saturated carbocycles. The third-order valence-corrected chi connectivity index (χ3v) is 3.71. The van der Waals surface area contributed by atoms with Gasteiger partial charge in [-0.05, 0) is 35.7 Å². The van der Waals surface area contributed by atoms with Crippen LogP contribution in [0.2, 0.25) is 0 Å². The van der Waals surface area contributed by atoms with Crippen molar-refractivity contribution in [1.29, 1.82) is 0 Å². The van der Waals surface area contributed by atoms with E-state index in [4.69, 9.17) is 16.3 Å². The van der Waals surface area contributed by atoms with Gasteiger partial charge in [0.05, 0.1) is 5.88 Å². The van der Waals surface area contributed by atoms with Crippen LogP contribution in [0.15, 0.2) is 48.7 Å². The van der Waals surface area contributed by atoms with Crippen LogP contribution < -0.4 is 4.74 Å². The minimum atomic E-state index is 0.352. The highest BCUT2D eigenvalue weighted by atomic mass is 35.5. The summed E-state index contributed by atoms with van der Waals surface area (Å²) in [7, 11) is 0. The van der Waals surface area contributed by atoms with Crippen LogP contribution in [0.25, 0.3) is 5.65 Å². The van der Waals surface area contributed by atoms with E-state index in [2.05, 4.69) is 24.9 Å². The summed E-state index contributed by atoms with van der Waals surface area (Å²) in [6.45, 7) is 4.32. The molecule has 0 saturated heterocycles. The number of nitrogens with zero attached hydrogens (tertiary/aromatic N) is 2. The highest BCUT2D eigenvalue weighted by Gasteiger charge is 2.13. The SMILES string of the molecule is CC(C)c1cccc(Oc2nc3ccccn3c2CCl)c1. The Morgan fingerprint density at radius 3 is 2.81 bits per heavy atom. The van der Waals surface area contributed by atoms with Crippen LogP contribution in [0.3, 0.4) is 0 Å². The number of alkyl halides is 1. The van der Waals surface area contributed by atoms with Crippen LogP contribution >= 0.6 is 11.6 Å². The second-order valence-corrected chi connectivity index (χ2v) is 5.52. The molecule has 0 radical (unpaired) electrons. The lowest BCUT2D eigenvalue weighted by atomic mass is 10.0. The molecular weight excluding hydrogens is 284 g/mol. The molecule has 1 aromatic carbocycles. The van der Waals surface area contributed by atoms with Crippen LogP contribution in [-0.2, 0) is 5.88 Å². The fraction of sp³-hybridized carbons (Fsp3) is 0.235. The number of fused-ring (bicyclic) bond motifs is 1. The molecule has 0 aliphatic heterocycles. The predicted molar refractivity (Wildman–Crippen MR) is 85.4 cm³/mol. The summed E-state index contributed by atoms with van der Waals surface area (Å²) in [5.41, 5.74) is 2.94. The molecule has 0 N–H and O–H groups in total. The van der Waals surface area contributed by atoms with Crippen LogP contribution in [0.4, 0.5) is 0 Å². The highest BCUT2D eigenvalue weighted by molar-refractivity contribution is 6.17. The van der Waals surface area contributed by atoms with E-state index in [1.165, 1.54) is 5.56 Å². The van der Waals surface area contributed by atoms with Gasteiger partial charge in [-0.1, -0.05) is 32.0 Å². The number of benzene rings is 1. The van der Waals surface area contributed by atoms with Crippen molar-refractivity contribution in [1.82, 2.24) is 9.38 Å². The summed E-state index contributed by atoms with van der Waals surface area (Å²) >= 11 is 6.06. The molecule has 0 bridgehead atoms. The maximum Gasteiger partial charge on any atom is 0.242 e. The van der Waals surface area contributed by atoms with Gasteiger partial charge in [0, 0.05) is 6.20 Å². The Hall–Kier alpha value is -2.00. The standard InChI is InChI=1S/C17H17ClN2O/c1-12(2)13-6-5-7-14(10-13)21-17-15(11-18)20-9-4-3-8-16(20)19-17/h3-10,12H,11H2,1-2H3. The molecule has 0 unspecified atom stereocenters. The number of aromatic nitrogens is 2. The monoisotopic (exact) mass is 300 g/mol. The first kappa shape index (κ1) is 14.0. The van der Waals surface area contributed by atoms with E-state index >= 15 is 0 Å². The summed E-state index contributed by atoms with van der Waals surface area (Å²) in [5, 5.41) is 0. The number of imidazole rings is 1. The van der Waals surface area contributed by atoms with E-state index in [1.807, 2.05) is 47.0 Å². The van der Waals surface area contributed by atoms with Crippen molar-refractivity contribution in [3.8, 4) is 11.6 Å². The molecule has 21 heavy (non-hydrogen) atoms. The maximum absolute atomic E-state index is 6.06. The van der Waals surface area contributed by atoms with Crippen LogP contribution in [0.1, 0.15) is 31.0 Å². The molecule has 4 heteroatoms. The van der Waals surface area contributed by atoms with Crippen molar-refractivity contribution in [3.05, 3.63) is 59.9 Å². The molecule has 108 valence electrons. The van der Waals surface area contributed by atoms with Gasteiger partial charge in [0.2, 0.25) is 5.88 Å². The zero-order chi connectivity index (χ0) is 14.8. The minimum absolute atomic E-state index is 0.352. The van der Waals surface area contributed by atoms with Crippen molar-refractivity contribution in [2.75, 3.05) is 0 Å². The molecule has 3 rings (SSSR count). The van der Waals surface area contributed by atoms with E-state index in [0.29, 0.717) is 17.7 Å². The first-order valence-electron chi connectivity index (χ1n) is 6.99.